The summed E-state index contributed by atoms with van der Waals surface area (Å²) in [6, 6.07) is 9.63. The van der Waals surface area contributed by atoms with Crippen LogP contribution >= 0.6 is 0 Å². The van der Waals surface area contributed by atoms with Crippen LogP contribution in [0.15, 0.2) is 36.4 Å². The molecule has 36 heavy (non-hydrogen) atoms. The lowest BCUT2D eigenvalue weighted by Gasteiger charge is -2.28. The molecule has 0 bridgehead atoms. The van der Waals surface area contributed by atoms with E-state index in [1.54, 1.807) is 19.1 Å². The number of rotatable bonds is 2. The second-order valence-corrected chi connectivity index (χ2v) is 10.1. The molecule has 0 saturated carbocycles. The first kappa shape index (κ1) is 25.7. The molecule has 6 nitrogen and oxygen atoms in total. The third kappa shape index (κ3) is 5.69. The molecule has 2 aliphatic heterocycles. The molecular formula is C30H34O6. The molecule has 0 aromatic heterocycles. The summed E-state index contributed by atoms with van der Waals surface area (Å²) in [5.41, 5.74) is 2.98. The quantitative estimate of drug-likeness (QED) is 0.385. The SMILES string of the molecule is CC(C)c1ccc([C@@H]2CC(=O)Oc3cc4c(c(O)c32)C(=O)O[C@@H](C)CCCC(=O)CCCC=C4)cc1. The summed E-state index contributed by atoms with van der Waals surface area (Å²) in [5.74, 6) is -0.839. The fraction of sp³-hybridized carbons (Fsp3) is 0.433. The molecule has 0 radical (unpaired) electrons. The molecule has 4 rings (SSSR count). The zero-order valence-electron chi connectivity index (χ0n) is 21.2. The van der Waals surface area contributed by atoms with Gasteiger partial charge in [0.1, 0.15) is 22.8 Å². The monoisotopic (exact) mass is 490 g/mol. The minimum Gasteiger partial charge on any atom is -0.507 e. The zero-order chi connectivity index (χ0) is 25.8. The van der Waals surface area contributed by atoms with E-state index in [2.05, 4.69) is 13.8 Å². The summed E-state index contributed by atoms with van der Waals surface area (Å²) in [7, 11) is 0. The molecule has 2 heterocycles. The fourth-order valence-electron chi connectivity index (χ4n) is 4.92. The van der Waals surface area contributed by atoms with Crippen molar-refractivity contribution in [1.82, 2.24) is 0 Å². The standard InChI is InChI=1S/C30H34O6/c1-18(2)20-12-14-21(15-13-20)24-17-26(32)36-25-16-22-9-5-4-6-10-23(31)11-7-8-19(3)35-30(34)27(22)29(33)28(24)25/h5,9,12-16,18-19,24,33H,4,6-8,10-11,17H2,1-3H3/t19-,24-/m0/s1. The molecule has 0 aliphatic carbocycles. The molecule has 0 spiro atoms. The third-order valence-electron chi connectivity index (χ3n) is 6.98. The molecule has 2 atom stereocenters. The van der Waals surface area contributed by atoms with Crippen LogP contribution in [-0.4, -0.2) is 28.9 Å². The van der Waals surface area contributed by atoms with Crippen LogP contribution in [-0.2, 0) is 14.3 Å². The van der Waals surface area contributed by atoms with Crippen molar-refractivity contribution in [2.75, 3.05) is 0 Å². The molecule has 6 heteroatoms. The maximum absolute atomic E-state index is 13.3. The van der Waals surface area contributed by atoms with Crippen LogP contribution in [0.25, 0.3) is 6.08 Å². The summed E-state index contributed by atoms with van der Waals surface area (Å²) in [4.78, 5) is 37.9. The highest BCUT2D eigenvalue weighted by molar-refractivity contribution is 5.98. The number of carbonyl (C=O) groups excluding carboxylic acids is 3. The number of aromatic hydroxyl groups is 1. The average Bonchev–Trinajstić information content (AvgIpc) is 2.82. The van der Waals surface area contributed by atoms with E-state index in [0.29, 0.717) is 55.6 Å². The molecule has 0 unspecified atom stereocenters. The van der Waals surface area contributed by atoms with E-state index < -0.39 is 18.0 Å². The van der Waals surface area contributed by atoms with E-state index >= 15 is 0 Å². The number of ether oxygens (including phenoxy) is 2. The van der Waals surface area contributed by atoms with Gasteiger partial charge in [-0.15, -0.1) is 0 Å². The normalized spacial score (nSPS) is 21.3. The van der Waals surface area contributed by atoms with E-state index in [1.165, 1.54) is 5.56 Å². The number of hydrogen-bond donors (Lipinski definition) is 1. The minimum absolute atomic E-state index is 0.0652. The Hall–Kier alpha value is -3.41. The van der Waals surface area contributed by atoms with Gasteiger partial charge in [-0.3, -0.25) is 9.59 Å². The summed E-state index contributed by atoms with van der Waals surface area (Å²) >= 11 is 0. The van der Waals surface area contributed by atoms with Gasteiger partial charge >= 0.3 is 11.9 Å². The lowest BCUT2D eigenvalue weighted by atomic mass is 9.83. The Morgan fingerprint density at radius 3 is 2.47 bits per heavy atom. The lowest BCUT2D eigenvalue weighted by molar-refractivity contribution is -0.135. The molecule has 2 aromatic carbocycles. The summed E-state index contributed by atoms with van der Waals surface area (Å²) in [6.45, 7) is 6.02. The first-order valence-electron chi connectivity index (χ1n) is 12.8. The summed E-state index contributed by atoms with van der Waals surface area (Å²) < 4.78 is 11.2. The van der Waals surface area contributed by atoms with Gasteiger partial charge in [0.05, 0.1) is 12.5 Å². The molecule has 2 aromatic rings. The van der Waals surface area contributed by atoms with Crippen LogP contribution < -0.4 is 4.74 Å². The van der Waals surface area contributed by atoms with Crippen LogP contribution in [0.4, 0.5) is 0 Å². The Balaban J connectivity index is 1.79. The number of phenols is 1. The fourth-order valence-corrected chi connectivity index (χ4v) is 4.92. The highest BCUT2D eigenvalue weighted by Crippen LogP contribution is 2.47. The van der Waals surface area contributed by atoms with Gasteiger partial charge < -0.3 is 14.6 Å². The number of hydrogen-bond acceptors (Lipinski definition) is 6. The Kier molecular flexibility index (Phi) is 7.92. The topological polar surface area (TPSA) is 89.9 Å². The molecule has 1 N–H and O–H groups in total. The van der Waals surface area contributed by atoms with Crippen molar-refractivity contribution in [3.8, 4) is 11.5 Å². The lowest BCUT2D eigenvalue weighted by Crippen LogP contribution is -2.23. The Morgan fingerprint density at radius 1 is 1.03 bits per heavy atom. The highest BCUT2D eigenvalue weighted by atomic mass is 16.5. The van der Waals surface area contributed by atoms with Gasteiger partial charge in [0, 0.05) is 24.3 Å². The first-order valence-corrected chi connectivity index (χ1v) is 12.8. The number of esters is 2. The number of Topliss-reactive ketones (excluding diaryl/α,β-unsaturated/α-hetero) is 1. The van der Waals surface area contributed by atoms with Crippen molar-refractivity contribution in [2.24, 2.45) is 0 Å². The number of fused-ring (bicyclic) bond motifs is 2. The van der Waals surface area contributed by atoms with Gasteiger partial charge in [-0.2, -0.15) is 0 Å². The molecule has 0 amide bonds. The van der Waals surface area contributed by atoms with Crippen molar-refractivity contribution >= 4 is 23.8 Å². The van der Waals surface area contributed by atoms with Crippen LogP contribution in [0.2, 0.25) is 0 Å². The molecular weight excluding hydrogens is 456 g/mol. The Labute approximate surface area is 212 Å². The second-order valence-electron chi connectivity index (χ2n) is 10.1. The van der Waals surface area contributed by atoms with Crippen LogP contribution in [0.1, 0.15) is 110 Å². The molecule has 2 aliphatic rings. The van der Waals surface area contributed by atoms with Crippen molar-refractivity contribution in [3.63, 3.8) is 0 Å². The van der Waals surface area contributed by atoms with E-state index in [9.17, 15) is 19.5 Å². The van der Waals surface area contributed by atoms with Crippen molar-refractivity contribution < 1.29 is 29.0 Å². The van der Waals surface area contributed by atoms with Gasteiger partial charge in [0.15, 0.2) is 0 Å². The number of ketones is 1. The maximum Gasteiger partial charge on any atom is 0.342 e. The van der Waals surface area contributed by atoms with E-state index in [4.69, 9.17) is 9.47 Å². The van der Waals surface area contributed by atoms with Gasteiger partial charge in [-0.25, -0.2) is 4.79 Å². The molecule has 190 valence electrons. The summed E-state index contributed by atoms with van der Waals surface area (Å²) in [6.07, 6.45) is 6.82. The van der Waals surface area contributed by atoms with Crippen LogP contribution in [0.5, 0.6) is 11.5 Å². The predicted octanol–water partition coefficient (Wildman–Crippen LogP) is 6.44. The first-order chi connectivity index (χ1) is 17.2. The van der Waals surface area contributed by atoms with E-state index in [0.717, 1.165) is 5.56 Å². The van der Waals surface area contributed by atoms with Crippen molar-refractivity contribution in [1.29, 1.82) is 0 Å². The van der Waals surface area contributed by atoms with Gasteiger partial charge in [-0.1, -0.05) is 50.3 Å². The smallest absolute Gasteiger partial charge is 0.342 e. The van der Waals surface area contributed by atoms with Crippen molar-refractivity contribution in [2.45, 2.75) is 83.7 Å². The van der Waals surface area contributed by atoms with E-state index in [1.807, 2.05) is 30.3 Å². The van der Waals surface area contributed by atoms with Gasteiger partial charge in [0.2, 0.25) is 0 Å². The minimum atomic E-state index is -0.628. The van der Waals surface area contributed by atoms with Gasteiger partial charge in [-0.05, 0) is 61.3 Å². The predicted molar refractivity (Wildman–Crippen MR) is 137 cm³/mol. The third-order valence-corrected chi connectivity index (χ3v) is 6.98. The number of carbonyl (C=O) groups is 3. The second kappa shape index (κ2) is 11.1. The number of allylic oxidation sites excluding steroid dienone is 1. The number of phenolic OH excluding ortho intramolecular Hbond substituents is 1. The number of benzene rings is 2. The molecule has 0 saturated heterocycles. The zero-order valence-corrected chi connectivity index (χ0v) is 21.2. The largest absolute Gasteiger partial charge is 0.507 e. The average molecular weight is 491 g/mol. The highest BCUT2D eigenvalue weighted by Gasteiger charge is 2.35. The maximum atomic E-state index is 13.3. The van der Waals surface area contributed by atoms with Crippen LogP contribution in [0, 0.1) is 0 Å². The van der Waals surface area contributed by atoms with Crippen molar-refractivity contribution in [3.05, 3.63) is 64.2 Å². The Morgan fingerprint density at radius 2 is 1.75 bits per heavy atom. The summed E-state index contributed by atoms with van der Waals surface area (Å²) in [5, 5.41) is 11.5. The molecule has 0 fully saturated rings. The van der Waals surface area contributed by atoms with E-state index in [-0.39, 0.29) is 35.2 Å². The Bertz CT molecular complexity index is 1170. The van der Waals surface area contributed by atoms with Crippen LogP contribution in [0.3, 0.4) is 0 Å². The van der Waals surface area contributed by atoms with Gasteiger partial charge in [0.25, 0.3) is 0 Å². The number of cyclic esters (lactones) is 1.